The van der Waals surface area contributed by atoms with E-state index in [9.17, 15) is 9.90 Å². The average Bonchev–Trinajstić information content (AvgIpc) is 3.03. The van der Waals surface area contributed by atoms with Crippen LogP contribution < -0.4 is 4.74 Å². The number of fused-ring (bicyclic) bond motifs is 1. The number of aromatic nitrogens is 4. The van der Waals surface area contributed by atoms with E-state index >= 15 is 0 Å². The van der Waals surface area contributed by atoms with Crippen LogP contribution in [0.3, 0.4) is 0 Å². The molecule has 1 aromatic carbocycles. The second-order valence-corrected chi connectivity index (χ2v) is 6.90. The number of hydrogen-bond acceptors (Lipinski definition) is 5. The number of halogens is 1. The molecular weight excluding hydrogens is 392 g/mol. The Balaban J connectivity index is 1.57. The summed E-state index contributed by atoms with van der Waals surface area (Å²) in [5.74, 6) is 0.344. The summed E-state index contributed by atoms with van der Waals surface area (Å²) in [4.78, 5) is 24.0. The number of pyridine rings is 2. The molecule has 4 aromatic rings. The van der Waals surface area contributed by atoms with Crippen molar-refractivity contribution in [1.82, 2.24) is 19.5 Å². The van der Waals surface area contributed by atoms with Crippen LogP contribution in [-0.2, 0) is 13.2 Å². The molecule has 0 bridgehead atoms. The first-order valence-electron chi connectivity index (χ1n) is 8.88. The second-order valence-electron chi connectivity index (χ2n) is 6.49. The molecule has 0 atom stereocenters. The average molecular weight is 409 g/mol. The molecule has 3 heterocycles. The summed E-state index contributed by atoms with van der Waals surface area (Å²) in [7, 11) is 0. The van der Waals surface area contributed by atoms with Crippen molar-refractivity contribution in [3.05, 3.63) is 82.5 Å². The van der Waals surface area contributed by atoms with Gasteiger partial charge in [-0.25, -0.2) is 14.8 Å². The number of benzene rings is 1. The van der Waals surface area contributed by atoms with E-state index in [2.05, 4.69) is 15.0 Å². The molecule has 1 N–H and O–H groups in total. The van der Waals surface area contributed by atoms with Gasteiger partial charge in [0.05, 0.1) is 12.7 Å². The van der Waals surface area contributed by atoms with Crippen molar-refractivity contribution in [2.24, 2.45) is 0 Å². The molecule has 8 heteroatoms. The number of carboxylic acids is 1. The molecule has 3 aromatic heterocycles. The van der Waals surface area contributed by atoms with Gasteiger partial charge in [-0.1, -0.05) is 23.7 Å². The van der Waals surface area contributed by atoms with Gasteiger partial charge in [-0.05, 0) is 48.4 Å². The summed E-state index contributed by atoms with van der Waals surface area (Å²) < 4.78 is 7.56. The van der Waals surface area contributed by atoms with Gasteiger partial charge in [-0.2, -0.15) is 0 Å². The maximum Gasteiger partial charge on any atom is 0.354 e. The summed E-state index contributed by atoms with van der Waals surface area (Å²) in [6.07, 6.45) is 3.34. The zero-order chi connectivity index (χ0) is 20.4. The SMILES string of the molecule is Cc1nc2ccc(C(=O)O)nc2n1Cc1ccc(COc2cccnc2)cc1Cl. The van der Waals surface area contributed by atoms with E-state index in [1.807, 2.05) is 41.8 Å². The highest BCUT2D eigenvalue weighted by Gasteiger charge is 2.14. The van der Waals surface area contributed by atoms with E-state index in [-0.39, 0.29) is 5.69 Å². The number of nitrogens with zero attached hydrogens (tertiary/aromatic N) is 4. The molecule has 0 saturated heterocycles. The van der Waals surface area contributed by atoms with Crippen molar-refractivity contribution in [3.8, 4) is 5.75 Å². The van der Waals surface area contributed by atoms with Gasteiger partial charge in [0.1, 0.15) is 23.7 Å². The van der Waals surface area contributed by atoms with Crippen molar-refractivity contribution in [2.45, 2.75) is 20.1 Å². The van der Waals surface area contributed by atoms with Gasteiger partial charge in [-0.15, -0.1) is 0 Å². The van der Waals surface area contributed by atoms with Crippen molar-refractivity contribution < 1.29 is 14.6 Å². The molecule has 0 unspecified atom stereocenters. The molecule has 0 fully saturated rings. The lowest BCUT2D eigenvalue weighted by atomic mass is 10.1. The summed E-state index contributed by atoms with van der Waals surface area (Å²) in [5.41, 5.74) is 2.95. The smallest absolute Gasteiger partial charge is 0.354 e. The Kier molecular flexibility index (Phi) is 5.14. The molecule has 0 aliphatic carbocycles. The molecular formula is C21H17ClN4O3. The lowest BCUT2D eigenvalue weighted by Gasteiger charge is -2.11. The Morgan fingerprint density at radius 1 is 1.21 bits per heavy atom. The zero-order valence-electron chi connectivity index (χ0n) is 15.5. The molecule has 146 valence electrons. The number of aryl methyl sites for hydroxylation is 1. The monoisotopic (exact) mass is 408 g/mol. The van der Waals surface area contributed by atoms with Gasteiger partial charge in [-0.3, -0.25) is 4.98 Å². The van der Waals surface area contributed by atoms with Crippen LogP contribution in [0.1, 0.15) is 27.4 Å². The summed E-state index contributed by atoms with van der Waals surface area (Å²) in [6, 6.07) is 12.5. The van der Waals surface area contributed by atoms with E-state index in [0.717, 1.165) is 17.0 Å². The van der Waals surface area contributed by atoms with Crippen LogP contribution in [0.2, 0.25) is 5.02 Å². The topological polar surface area (TPSA) is 90.1 Å². The molecule has 0 radical (unpaired) electrons. The predicted molar refractivity (Wildman–Crippen MR) is 108 cm³/mol. The number of carbonyl (C=O) groups is 1. The standard InChI is InChI=1S/C21H17ClN4O3/c1-13-24-18-6-7-19(21(27)28)25-20(18)26(13)11-15-5-4-14(9-17(15)22)12-29-16-3-2-8-23-10-16/h2-10H,11-12H2,1H3,(H,27,28). The van der Waals surface area contributed by atoms with E-state index in [0.29, 0.717) is 35.1 Å². The summed E-state index contributed by atoms with van der Waals surface area (Å²) in [6.45, 7) is 2.66. The van der Waals surface area contributed by atoms with Crippen molar-refractivity contribution >= 4 is 28.7 Å². The summed E-state index contributed by atoms with van der Waals surface area (Å²) >= 11 is 6.50. The minimum Gasteiger partial charge on any atom is -0.487 e. The zero-order valence-corrected chi connectivity index (χ0v) is 16.3. The Hall–Kier alpha value is -3.45. The molecule has 29 heavy (non-hydrogen) atoms. The van der Waals surface area contributed by atoms with Crippen LogP contribution >= 0.6 is 11.6 Å². The van der Waals surface area contributed by atoms with Gasteiger partial charge < -0.3 is 14.4 Å². The van der Waals surface area contributed by atoms with Crippen LogP contribution in [0.5, 0.6) is 5.75 Å². The first-order chi connectivity index (χ1) is 14.0. The van der Waals surface area contributed by atoms with Crippen molar-refractivity contribution in [1.29, 1.82) is 0 Å². The quantitative estimate of drug-likeness (QED) is 0.516. The third-order valence-corrected chi connectivity index (χ3v) is 4.84. The number of rotatable bonds is 6. The van der Waals surface area contributed by atoms with E-state index in [1.54, 1.807) is 18.5 Å². The number of imidazole rings is 1. The number of carboxylic acid groups (broad SMARTS) is 1. The van der Waals surface area contributed by atoms with Crippen LogP contribution in [0.15, 0.2) is 54.9 Å². The van der Waals surface area contributed by atoms with Crippen LogP contribution in [0.25, 0.3) is 11.2 Å². The van der Waals surface area contributed by atoms with E-state index in [1.165, 1.54) is 6.07 Å². The van der Waals surface area contributed by atoms with Crippen LogP contribution in [0.4, 0.5) is 0 Å². The number of hydrogen-bond donors (Lipinski definition) is 1. The molecule has 0 aliphatic rings. The highest BCUT2D eigenvalue weighted by molar-refractivity contribution is 6.31. The highest BCUT2D eigenvalue weighted by Crippen LogP contribution is 2.23. The van der Waals surface area contributed by atoms with Crippen molar-refractivity contribution in [3.63, 3.8) is 0 Å². The lowest BCUT2D eigenvalue weighted by Crippen LogP contribution is -2.06. The summed E-state index contributed by atoms with van der Waals surface area (Å²) in [5, 5.41) is 9.80. The third-order valence-electron chi connectivity index (χ3n) is 4.49. The van der Waals surface area contributed by atoms with Crippen molar-refractivity contribution in [2.75, 3.05) is 0 Å². The number of ether oxygens (including phenoxy) is 1. The van der Waals surface area contributed by atoms with E-state index in [4.69, 9.17) is 16.3 Å². The molecule has 0 saturated carbocycles. The number of aromatic carboxylic acids is 1. The van der Waals surface area contributed by atoms with E-state index < -0.39 is 5.97 Å². The second kappa shape index (κ2) is 7.89. The molecule has 0 aliphatic heterocycles. The normalized spacial score (nSPS) is 11.0. The van der Waals surface area contributed by atoms with Gasteiger partial charge in [0.2, 0.25) is 0 Å². The van der Waals surface area contributed by atoms with Crippen LogP contribution in [-0.4, -0.2) is 30.6 Å². The molecule has 0 amide bonds. The Morgan fingerprint density at radius 2 is 2.07 bits per heavy atom. The van der Waals surface area contributed by atoms with Crippen LogP contribution in [0, 0.1) is 6.92 Å². The Labute approximate surface area is 171 Å². The Bertz CT molecular complexity index is 1190. The Morgan fingerprint density at radius 3 is 2.79 bits per heavy atom. The maximum atomic E-state index is 11.2. The predicted octanol–water partition coefficient (Wildman–Crippen LogP) is 4.11. The van der Waals surface area contributed by atoms with Gasteiger partial charge in [0, 0.05) is 11.2 Å². The largest absolute Gasteiger partial charge is 0.487 e. The maximum absolute atomic E-state index is 11.2. The minimum atomic E-state index is -1.08. The molecule has 7 nitrogen and oxygen atoms in total. The first kappa shape index (κ1) is 18.9. The van der Waals surface area contributed by atoms with Gasteiger partial charge >= 0.3 is 5.97 Å². The van der Waals surface area contributed by atoms with Gasteiger partial charge in [0.15, 0.2) is 11.3 Å². The van der Waals surface area contributed by atoms with Gasteiger partial charge in [0.25, 0.3) is 0 Å². The fourth-order valence-corrected chi connectivity index (χ4v) is 3.26. The first-order valence-corrected chi connectivity index (χ1v) is 9.26. The highest BCUT2D eigenvalue weighted by atomic mass is 35.5. The molecule has 4 rings (SSSR count). The fraction of sp³-hybridized carbons (Fsp3) is 0.143. The third kappa shape index (κ3) is 4.05. The molecule has 0 spiro atoms. The minimum absolute atomic E-state index is 0.0207. The lowest BCUT2D eigenvalue weighted by molar-refractivity contribution is 0.0691. The fourth-order valence-electron chi connectivity index (χ4n) is 3.00.